The van der Waals surface area contributed by atoms with Crippen molar-refractivity contribution in [2.75, 3.05) is 11.4 Å². The maximum Gasteiger partial charge on any atom is 0.415 e. The van der Waals surface area contributed by atoms with E-state index in [4.69, 9.17) is 4.74 Å². The summed E-state index contributed by atoms with van der Waals surface area (Å²) >= 11 is 2.23. The predicted octanol–water partition coefficient (Wildman–Crippen LogP) is 4.92. The summed E-state index contributed by atoms with van der Waals surface area (Å²) in [4.78, 5) is 14.1. The molecule has 4 heteroatoms. The van der Waals surface area contributed by atoms with Gasteiger partial charge in [0.05, 0.1) is 5.69 Å². The molecule has 0 atom stereocenters. The minimum absolute atomic E-state index is 0.344. The van der Waals surface area contributed by atoms with Gasteiger partial charge in [-0.05, 0) is 74.9 Å². The Hall–Kier alpha value is -1.04. The van der Waals surface area contributed by atoms with Gasteiger partial charge in [-0.3, -0.25) is 4.90 Å². The molecule has 0 radical (unpaired) electrons. The van der Waals surface area contributed by atoms with E-state index in [1.165, 1.54) is 0 Å². The standard InChI is InChI=1S/C16H22INO2/c1-11(2)10-18(15(19)20-16(4,5)6)14-9-12(3)7-8-13(14)17/h7-9H,1,10H2,2-6H3. The SMILES string of the molecule is C=C(C)CN(C(=O)OC(C)(C)C)c1cc(C)ccc1I. The molecule has 1 rings (SSSR count). The zero-order valence-corrected chi connectivity index (χ0v) is 14.9. The molecular weight excluding hydrogens is 365 g/mol. The number of hydrogen-bond donors (Lipinski definition) is 0. The first kappa shape index (κ1) is 17.0. The van der Waals surface area contributed by atoms with Crippen molar-refractivity contribution in [1.82, 2.24) is 0 Å². The first-order chi connectivity index (χ1) is 9.10. The van der Waals surface area contributed by atoms with E-state index in [9.17, 15) is 4.79 Å². The van der Waals surface area contributed by atoms with Crippen LogP contribution in [0.4, 0.5) is 10.5 Å². The Morgan fingerprint density at radius 3 is 2.50 bits per heavy atom. The molecule has 110 valence electrons. The van der Waals surface area contributed by atoms with Crippen molar-refractivity contribution in [2.45, 2.75) is 40.2 Å². The predicted molar refractivity (Wildman–Crippen MR) is 92.3 cm³/mol. The van der Waals surface area contributed by atoms with Crippen LogP contribution in [0.15, 0.2) is 30.4 Å². The lowest BCUT2D eigenvalue weighted by molar-refractivity contribution is 0.0583. The van der Waals surface area contributed by atoms with Gasteiger partial charge >= 0.3 is 6.09 Å². The molecule has 0 unspecified atom stereocenters. The van der Waals surface area contributed by atoms with Gasteiger partial charge < -0.3 is 4.74 Å². The lowest BCUT2D eigenvalue weighted by Gasteiger charge is -2.28. The Bertz CT molecular complexity index is 518. The molecule has 0 aliphatic carbocycles. The summed E-state index contributed by atoms with van der Waals surface area (Å²) in [5.41, 5.74) is 2.37. The number of nitrogens with zero attached hydrogens (tertiary/aromatic N) is 1. The Labute approximate surface area is 135 Å². The van der Waals surface area contributed by atoms with Gasteiger partial charge in [0.1, 0.15) is 5.60 Å². The van der Waals surface area contributed by atoms with Gasteiger partial charge in [0, 0.05) is 10.1 Å². The molecule has 0 bridgehead atoms. The summed E-state index contributed by atoms with van der Waals surface area (Å²) in [7, 11) is 0. The second-order valence-electron chi connectivity index (χ2n) is 5.98. The van der Waals surface area contributed by atoms with E-state index in [1.54, 1.807) is 4.90 Å². The largest absolute Gasteiger partial charge is 0.443 e. The van der Waals surface area contributed by atoms with Crippen LogP contribution in [-0.2, 0) is 4.74 Å². The van der Waals surface area contributed by atoms with Gasteiger partial charge in [-0.2, -0.15) is 0 Å². The molecule has 0 aromatic heterocycles. The molecule has 3 nitrogen and oxygen atoms in total. The molecule has 0 saturated carbocycles. The summed E-state index contributed by atoms with van der Waals surface area (Å²) < 4.78 is 6.51. The average Bonchev–Trinajstić information content (AvgIpc) is 2.27. The average molecular weight is 387 g/mol. The van der Waals surface area contributed by atoms with Crippen molar-refractivity contribution in [3.8, 4) is 0 Å². The van der Waals surface area contributed by atoms with Crippen LogP contribution in [0.5, 0.6) is 0 Å². The first-order valence-electron chi connectivity index (χ1n) is 6.51. The number of aryl methyl sites for hydroxylation is 1. The third kappa shape index (κ3) is 5.15. The van der Waals surface area contributed by atoms with Crippen LogP contribution in [0.1, 0.15) is 33.3 Å². The topological polar surface area (TPSA) is 29.5 Å². The molecular formula is C16H22INO2. The van der Waals surface area contributed by atoms with Gasteiger partial charge in [-0.15, -0.1) is 0 Å². The van der Waals surface area contributed by atoms with Gasteiger partial charge in [0.2, 0.25) is 0 Å². The molecule has 0 aliphatic heterocycles. The van der Waals surface area contributed by atoms with Crippen molar-refractivity contribution < 1.29 is 9.53 Å². The Morgan fingerprint density at radius 2 is 2.00 bits per heavy atom. The third-order valence-electron chi connectivity index (χ3n) is 2.43. The number of halogens is 1. The highest BCUT2D eigenvalue weighted by molar-refractivity contribution is 14.1. The lowest BCUT2D eigenvalue weighted by atomic mass is 10.2. The van der Waals surface area contributed by atoms with E-state index >= 15 is 0 Å². The second-order valence-corrected chi connectivity index (χ2v) is 7.14. The minimum Gasteiger partial charge on any atom is -0.443 e. The number of benzene rings is 1. The van der Waals surface area contributed by atoms with Crippen LogP contribution in [-0.4, -0.2) is 18.2 Å². The van der Waals surface area contributed by atoms with Crippen molar-refractivity contribution in [3.05, 3.63) is 39.5 Å². The highest BCUT2D eigenvalue weighted by Crippen LogP contribution is 2.26. The maximum absolute atomic E-state index is 12.4. The summed E-state index contributed by atoms with van der Waals surface area (Å²) in [6.45, 7) is 13.9. The van der Waals surface area contributed by atoms with Gasteiger partial charge in [-0.1, -0.05) is 18.2 Å². The summed E-state index contributed by atoms with van der Waals surface area (Å²) in [6, 6.07) is 6.02. The number of carbonyl (C=O) groups excluding carboxylic acids is 1. The number of rotatable bonds is 3. The van der Waals surface area contributed by atoms with Gasteiger partial charge in [-0.25, -0.2) is 4.79 Å². The number of hydrogen-bond acceptors (Lipinski definition) is 2. The van der Waals surface area contributed by atoms with Crippen LogP contribution >= 0.6 is 22.6 Å². The zero-order valence-electron chi connectivity index (χ0n) is 12.8. The molecule has 1 aromatic rings. The van der Waals surface area contributed by atoms with Crippen molar-refractivity contribution in [3.63, 3.8) is 0 Å². The van der Waals surface area contributed by atoms with E-state index in [2.05, 4.69) is 29.2 Å². The van der Waals surface area contributed by atoms with Crippen molar-refractivity contribution in [1.29, 1.82) is 0 Å². The maximum atomic E-state index is 12.4. The lowest BCUT2D eigenvalue weighted by Crippen LogP contribution is -2.38. The number of anilines is 1. The molecule has 0 aliphatic rings. The minimum atomic E-state index is -0.514. The second kappa shape index (κ2) is 6.61. The highest BCUT2D eigenvalue weighted by Gasteiger charge is 2.24. The van der Waals surface area contributed by atoms with Crippen LogP contribution in [0.2, 0.25) is 0 Å². The van der Waals surface area contributed by atoms with Gasteiger partial charge in [0.15, 0.2) is 0 Å². The van der Waals surface area contributed by atoms with Gasteiger partial charge in [0.25, 0.3) is 0 Å². The monoisotopic (exact) mass is 387 g/mol. The van der Waals surface area contributed by atoms with E-state index in [0.717, 1.165) is 20.4 Å². The third-order valence-corrected chi connectivity index (χ3v) is 3.35. The summed E-state index contributed by atoms with van der Waals surface area (Å²) in [6.07, 6.45) is -0.344. The molecule has 0 spiro atoms. The van der Waals surface area contributed by atoms with E-state index in [-0.39, 0.29) is 6.09 Å². The van der Waals surface area contributed by atoms with Crippen molar-refractivity contribution >= 4 is 34.4 Å². The quantitative estimate of drug-likeness (QED) is 0.545. The van der Waals surface area contributed by atoms with Crippen LogP contribution < -0.4 is 4.90 Å². The summed E-state index contributed by atoms with van der Waals surface area (Å²) in [5, 5.41) is 0. The van der Waals surface area contributed by atoms with E-state index < -0.39 is 5.60 Å². The molecule has 0 N–H and O–H groups in total. The molecule has 0 saturated heterocycles. The Morgan fingerprint density at radius 1 is 1.40 bits per heavy atom. The van der Waals surface area contributed by atoms with Crippen LogP contribution in [0.3, 0.4) is 0 Å². The molecule has 1 amide bonds. The van der Waals surface area contributed by atoms with Crippen molar-refractivity contribution in [2.24, 2.45) is 0 Å². The molecule has 0 heterocycles. The smallest absolute Gasteiger partial charge is 0.415 e. The molecule has 0 fully saturated rings. The Kier molecular flexibility index (Phi) is 5.62. The van der Waals surface area contributed by atoms with Crippen LogP contribution in [0.25, 0.3) is 0 Å². The Balaban J connectivity index is 3.15. The first-order valence-corrected chi connectivity index (χ1v) is 7.59. The number of carbonyl (C=O) groups is 1. The zero-order chi connectivity index (χ0) is 15.5. The fourth-order valence-electron chi connectivity index (χ4n) is 1.66. The summed E-state index contributed by atoms with van der Waals surface area (Å²) in [5.74, 6) is 0. The van der Waals surface area contributed by atoms with E-state index in [0.29, 0.717) is 6.54 Å². The molecule has 20 heavy (non-hydrogen) atoms. The normalized spacial score (nSPS) is 11.1. The number of ether oxygens (including phenoxy) is 1. The molecule has 1 aromatic carbocycles. The number of amides is 1. The fourth-order valence-corrected chi connectivity index (χ4v) is 2.29. The van der Waals surface area contributed by atoms with Crippen LogP contribution in [0, 0.1) is 10.5 Å². The highest BCUT2D eigenvalue weighted by atomic mass is 127. The van der Waals surface area contributed by atoms with E-state index in [1.807, 2.05) is 52.8 Å². The fraction of sp³-hybridized carbons (Fsp3) is 0.438.